The lowest BCUT2D eigenvalue weighted by molar-refractivity contribution is -0.150. The first-order valence-corrected chi connectivity index (χ1v) is 7.69. The van der Waals surface area contributed by atoms with Crippen molar-refractivity contribution >= 4 is 22.8 Å². The van der Waals surface area contributed by atoms with E-state index in [9.17, 15) is 14.7 Å². The molecule has 1 fully saturated rings. The fourth-order valence-corrected chi connectivity index (χ4v) is 3.24. The van der Waals surface area contributed by atoms with E-state index in [0.29, 0.717) is 18.4 Å². The number of nitrogens with one attached hydrogen (secondary N) is 2. The standard InChI is InChI=1S/C17H20N2O3/c20-15(13-5-4-12-6-9-18-14(12)10-13)19-11-17(16(21)22)7-2-1-3-8-17/h4-6,9-10,18H,1-3,7-8,11H2,(H,19,20)(H,21,22). The van der Waals surface area contributed by atoms with Crippen LogP contribution in [0.5, 0.6) is 0 Å². The molecule has 0 atom stereocenters. The number of carbonyl (C=O) groups excluding carboxylic acids is 1. The van der Waals surface area contributed by atoms with Gasteiger partial charge in [0, 0.05) is 23.8 Å². The highest BCUT2D eigenvalue weighted by Gasteiger charge is 2.39. The molecule has 0 saturated heterocycles. The highest BCUT2D eigenvalue weighted by Crippen LogP contribution is 2.36. The molecular formula is C17H20N2O3. The van der Waals surface area contributed by atoms with Crippen LogP contribution in [0.1, 0.15) is 42.5 Å². The number of carboxylic acids is 1. The van der Waals surface area contributed by atoms with Crippen LogP contribution < -0.4 is 5.32 Å². The number of aromatic amines is 1. The van der Waals surface area contributed by atoms with Crippen molar-refractivity contribution in [1.29, 1.82) is 0 Å². The molecule has 22 heavy (non-hydrogen) atoms. The molecule has 1 aromatic heterocycles. The van der Waals surface area contributed by atoms with Gasteiger partial charge in [0.2, 0.25) is 0 Å². The van der Waals surface area contributed by atoms with Crippen LogP contribution in [-0.4, -0.2) is 28.5 Å². The number of aliphatic carboxylic acids is 1. The van der Waals surface area contributed by atoms with Crippen LogP contribution in [-0.2, 0) is 4.79 Å². The van der Waals surface area contributed by atoms with Gasteiger partial charge in [0.05, 0.1) is 5.41 Å². The third kappa shape index (κ3) is 2.71. The molecule has 1 amide bonds. The summed E-state index contributed by atoms with van der Waals surface area (Å²) in [5.74, 6) is -1.02. The first-order valence-electron chi connectivity index (χ1n) is 7.69. The maximum atomic E-state index is 12.3. The number of amides is 1. The molecule has 1 aromatic carbocycles. The number of rotatable bonds is 4. The quantitative estimate of drug-likeness (QED) is 0.812. The summed E-state index contributed by atoms with van der Waals surface area (Å²) in [4.78, 5) is 27.0. The van der Waals surface area contributed by atoms with E-state index in [1.807, 2.05) is 18.3 Å². The maximum absolute atomic E-state index is 12.3. The van der Waals surface area contributed by atoms with Crippen LogP contribution in [0.2, 0.25) is 0 Å². The summed E-state index contributed by atoms with van der Waals surface area (Å²) in [6.45, 7) is 0.198. The topological polar surface area (TPSA) is 82.2 Å². The second kappa shape index (κ2) is 5.83. The monoisotopic (exact) mass is 300 g/mol. The number of carboxylic acid groups (broad SMARTS) is 1. The predicted octanol–water partition coefficient (Wildman–Crippen LogP) is 2.93. The molecule has 0 bridgehead atoms. The molecule has 1 saturated carbocycles. The van der Waals surface area contributed by atoms with Gasteiger partial charge >= 0.3 is 5.97 Å². The summed E-state index contributed by atoms with van der Waals surface area (Å²) < 4.78 is 0. The van der Waals surface area contributed by atoms with Crippen LogP contribution in [0.15, 0.2) is 30.5 Å². The van der Waals surface area contributed by atoms with Crippen molar-refractivity contribution in [3.05, 3.63) is 36.0 Å². The molecule has 5 nitrogen and oxygen atoms in total. The Morgan fingerprint density at radius 3 is 2.68 bits per heavy atom. The SMILES string of the molecule is O=C(NCC1(C(=O)O)CCCCC1)c1ccc2cc[nH]c2c1. The summed E-state index contributed by atoms with van der Waals surface area (Å²) in [5, 5.41) is 13.4. The van der Waals surface area contributed by atoms with Gasteiger partial charge in [0.25, 0.3) is 5.91 Å². The molecule has 2 aromatic rings. The third-order valence-electron chi connectivity index (χ3n) is 4.67. The van der Waals surface area contributed by atoms with Crippen molar-refractivity contribution in [2.24, 2.45) is 5.41 Å². The fourth-order valence-electron chi connectivity index (χ4n) is 3.24. The highest BCUT2D eigenvalue weighted by atomic mass is 16.4. The minimum Gasteiger partial charge on any atom is -0.481 e. The zero-order valence-electron chi connectivity index (χ0n) is 12.4. The fraction of sp³-hybridized carbons (Fsp3) is 0.412. The lowest BCUT2D eigenvalue weighted by Gasteiger charge is -2.33. The van der Waals surface area contributed by atoms with Gasteiger partial charge in [-0.15, -0.1) is 0 Å². The number of benzene rings is 1. The molecule has 0 spiro atoms. The molecule has 3 rings (SSSR count). The van der Waals surface area contributed by atoms with Gasteiger partial charge in [0.15, 0.2) is 0 Å². The van der Waals surface area contributed by atoms with Crippen molar-refractivity contribution in [1.82, 2.24) is 10.3 Å². The Hall–Kier alpha value is -2.30. The van der Waals surface area contributed by atoms with E-state index in [1.165, 1.54) is 0 Å². The van der Waals surface area contributed by atoms with Gasteiger partial charge in [-0.25, -0.2) is 0 Å². The van der Waals surface area contributed by atoms with E-state index in [1.54, 1.807) is 12.1 Å². The van der Waals surface area contributed by atoms with Crippen LogP contribution >= 0.6 is 0 Å². The van der Waals surface area contributed by atoms with E-state index in [2.05, 4.69) is 10.3 Å². The summed E-state index contributed by atoms with van der Waals surface area (Å²) in [6.07, 6.45) is 6.00. The molecule has 1 aliphatic rings. The van der Waals surface area contributed by atoms with E-state index in [0.717, 1.165) is 30.2 Å². The highest BCUT2D eigenvalue weighted by molar-refractivity contribution is 5.98. The second-order valence-electron chi connectivity index (χ2n) is 6.11. The summed E-state index contributed by atoms with van der Waals surface area (Å²) in [5.41, 5.74) is 0.648. The average Bonchev–Trinajstić information content (AvgIpc) is 3.01. The van der Waals surface area contributed by atoms with E-state index >= 15 is 0 Å². The van der Waals surface area contributed by atoms with Gasteiger partial charge < -0.3 is 15.4 Å². The van der Waals surface area contributed by atoms with Crippen molar-refractivity contribution < 1.29 is 14.7 Å². The van der Waals surface area contributed by atoms with E-state index in [-0.39, 0.29) is 12.5 Å². The third-order valence-corrected chi connectivity index (χ3v) is 4.67. The molecule has 1 heterocycles. The number of hydrogen-bond donors (Lipinski definition) is 3. The zero-order chi connectivity index (χ0) is 15.6. The normalized spacial score (nSPS) is 17.3. The zero-order valence-corrected chi connectivity index (χ0v) is 12.4. The lowest BCUT2D eigenvalue weighted by Crippen LogP contribution is -2.44. The molecular weight excluding hydrogens is 280 g/mol. The summed E-state index contributed by atoms with van der Waals surface area (Å²) in [7, 11) is 0. The number of aromatic nitrogens is 1. The van der Waals surface area contributed by atoms with E-state index in [4.69, 9.17) is 0 Å². The van der Waals surface area contributed by atoms with Gasteiger partial charge in [-0.05, 0) is 36.4 Å². The molecule has 116 valence electrons. The van der Waals surface area contributed by atoms with Crippen molar-refractivity contribution in [2.75, 3.05) is 6.54 Å². The lowest BCUT2D eigenvalue weighted by atomic mass is 9.74. The Labute approximate surface area is 128 Å². The first-order chi connectivity index (χ1) is 10.6. The van der Waals surface area contributed by atoms with Crippen LogP contribution in [0, 0.1) is 5.41 Å². The van der Waals surface area contributed by atoms with Crippen LogP contribution in [0.25, 0.3) is 10.9 Å². The Kier molecular flexibility index (Phi) is 3.88. The Morgan fingerprint density at radius 1 is 1.18 bits per heavy atom. The molecule has 0 radical (unpaired) electrons. The van der Waals surface area contributed by atoms with Gasteiger partial charge in [-0.1, -0.05) is 25.3 Å². The van der Waals surface area contributed by atoms with Gasteiger partial charge in [-0.3, -0.25) is 9.59 Å². The summed E-state index contributed by atoms with van der Waals surface area (Å²) >= 11 is 0. The Bertz CT molecular complexity index is 699. The largest absolute Gasteiger partial charge is 0.481 e. The van der Waals surface area contributed by atoms with Crippen molar-refractivity contribution in [2.45, 2.75) is 32.1 Å². The van der Waals surface area contributed by atoms with Crippen molar-refractivity contribution in [3.8, 4) is 0 Å². The second-order valence-corrected chi connectivity index (χ2v) is 6.11. The van der Waals surface area contributed by atoms with Crippen molar-refractivity contribution in [3.63, 3.8) is 0 Å². The minimum atomic E-state index is -0.801. The summed E-state index contributed by atoms with van der Waals surface area (Å²) in [6, 6.07) is 7.38. The van der Waals surface area contributed by atoms with Crippen LogP contribution in [0.4, 0.5) is 0 Å². The minimum absolute atomic E-state index is 0.198. The van der Waals surface area contributed by atoms with Gasteiger partial charge in [-0.2, -0.15) is 0 Å². The molecule has 0 unspecified atom stereocenters. The number of fused-ring (bicyclic) bond motifs is 1. The van der Waals surface area contributed by atoms with E-state index < -0.39 is 11.4 Å². The average molecular weight is 300 g/mol. The van der Waals surface area contributed by atoms with Crippen LogP contribution in [0.3, 0.4) is 0 Å². The number of H-pyrrole nitrogens is 1. The Morgan fingerprint density at radius 2 is 1.95 bits per heavy atom. The smallest absolute Gasteiger partial charge is 0.311 e. The van der Waals surface area contributed by atoms with Gasteiger partial charge in [0.1, 0.15) is 0 Å². The molecule has 5 heteroatoms. The molecule has 1 aliphatic carbocycles. The first kappa shape index (κ1) is 14.6. The number of hydrogen-bond acceptors (Lipinski definition) is 2. The Balaban J connectivity index is 1.71. The number of carbonyl (C=O) groups is 2. The maximum Gasteiger partial charge on any atom is 0.311 e. The predicted molar refractivity (Wildman–Crippen MR) is 83.8 cm³/mol. The molecule has 0 aliphatic heterocycles. The molecule has 3 N–H and O–H groups in total.